The fourth-order valence-corrected chi connectivity index (χ4v) is 2.53. The van der Waals surface area contributed by atoms with Crippen LogP contribution in [-0.2, 0) is 4.79 Å². The molecule has 0 spiro atoms. The molecule has 2 rings (SSSR count). The van der Waals surface area contributed by atoms with Crippen molar-refractivity contribution in [3.8, 4) is 11.5 Å². The topological polar surface area (TPSA) is 38.8 Å². The van der Waals surface area contributed by atoms with Gasteiger partial charge in [0, 0.05) is 13.1 Å². The molecule has 0 fully saturated rings. The second-order valence-electron chi connectivity index (χ2n) is 6.03. The third kappa shape index (κ3) is 5.77. The summed E-state index contributed by atoms with van der Waals surface area (Å²) in [5.74, 6) is -0.496. The van der Waals surface area contributed by atoms with Crippen LogP contribution >= 0.6 is 0 Å². The first kappa shape index (κ1) is 21.3. The minimum absolute atomic E-state index is 0.0672. The first-order valence-corrected chi connectivity index (χ1v) is 8.73. The Kier molecular flexibility index (Phi) is 7.49. The molecule has 0 aliphatic carbocycles. The van der Waals surface area contributed by atoms with Crippen LogP contribution < -0.4 is 9.47 Å². The largest absolute Gasteiger partial charge is 0.490 e. The number of carbonyl (C=O) groups is 1. The molecule has 2 aromatic carbocycles. The average Bonchev–Trinajstić information content (AvgIpc) is 2.67. The molecule has 0 saturated heterocycles. The van der Waals surface area contributed by atoms with Gasteiger partial charge in [0.25, 0.3) is 0 Å². The van der Waals surface area contributed by atoms with Gasteiger partial charge in [-0.15, -0.1) is 0 Å². The van der Waals surface area contributed by atoms with Gasteiger partial charge in [0.2, 0.25) is 5.91 Å². The Hall–Kier alpha value is -2.96. The number of ether oxygens (including phenoxy) is 2. The summed E-state index contributed by atoms with van der Waals surface area (Å²) in [6.45, 7) is 0.889. The Balaban J connectivity index is 2.11. The summed E-state index contributed by atoms with van der Waals surface area (Å²) in [5.41, 5.74) is 1.40. The minimum Gasteiger partial charge on any atom is -0.490 e. The zero-order valence-corrected chi connectivity index (χ0v) is 15.9. The number of rotatable bonds is 8. The van der Waals surface area contributed by atoms with Gasteiger partial charge in [-0.2, -0.15) is 8.78 Å². The molecule has 1 amide bonds. The maximum atomic E-state index is 13.1. The molecule has 0 bridgehead atoms. The Morgan fingerprint density at radius 1 is 1.14 bits per heavy atom. The highest BCUT2D eigenvalue weighted by molar-refractivity contribution is 5.92. The number of hydrogen-bond donors (Lipinski definition) is 0. The predicted molar refractivity (Wildman–Crippen MR) is 101 cm³/mol. The third-order valence-electron chi connectivity index (χ3n) is 4.18. The lowest BCUT2D eigenvalue weighted by atomic mass is 10.1. The Bertz CT molecular complexity index is 822. The third-order valence-corrected chi connectivity index (χ3v) is 4.18. The van der Waals surface area contributed by atoms with Crippen LogP contribution in [-0.4, -0.2) is 31.1 Å². The summed E-state index contributed by atoms with van der Waals surface area (Å²) in [4.78, 5) is 13.9. The van der Waals surface area contributed by atoms with E-state index in [1.165, 1.54) is 35.2 Å². The van der Waals surface area contributed by atoms with Gasteiger partial charge in [-0.05, 0) is 55.3 Å². The van der Waals surface area contributed by atoms with E-state index in [4.69, 9.17) is 4.74 Å². The van der Waals surface area contributed by atoms with Gasteiger partial charge in [0.15, 0.2) is 11.5 Å². The molecular weight excluding hydrogens is 371 g/mol. The number of alkyl halides is 2. The second-order valence-corrected chi connectivity index (χ2v) is 6.03. The fraction of sp³-hybridized carbons (Fsp3) is 0.286. The number of halogens is 3. The maximum Gasteiger partial charge on any atom is 0.387 e. The SMILES string of the molecule is CCOc1cc(/C=C/C(=O)N(C)C(C)c2ccc(F)cc2)ccc1OC(F)F. The van der Waals surface area contributed by atoms with Crippen molar-refractivity contribution in [1.82, 2.24) is 4.90 Å². The highest BCUT2D eigenvalue weighted by Gasteiger charge is 2.16. The van der Waals surface area contributed by atoms with Crippen molar-refractivity contribution in [2.45, 2.75) is 26.5 Å². The number of nitrogens with zero attached hydrogens (tertiary/aromatic N) is 1. The van der Waals surface area contributed by atoms with Gasteiger partial charge in [0.1, 0.15) is 5.82 Å². The second kappa shape index (κ2) is 9.82. The highest BCUT2D eigenvalue weighted by atomic mass is 19.3. The molecule has 4 nitrogen and oxygen atoms in total. The minimum atomic E-state index is -2.95. The lowest BCUT2D eigenvalue weighted by molar-refractivity contribution is -0.126. The van der Waals surface area contributed by atoms with E-state index in [2.05, 4.69) is 4.74 Å². The van der Waals surface area contributed by atoms with Crippen molar-refractivity contribution in [3.63, 3.8) is 0 Å². The highest BCUT2D eigenvalue weighted by Crippen LogP contribution is 2.30. The molecule has 0 aromatic heterocycles. The number of benzene rings is 2. The fourth-order valence-electron chi connectivity index (χ4n) is 2.53. The quantitative estimate of drug-likeness (QED) is 0.589. The van der Waals surface area contributed by atoms with E-state index in [0.717, 1.165) is 5.56 Å². The average molecular weight is 393 g/mol. The molecule has 0 heterocycles. The monoisotopic (exact) mass is 393 g/mol. The van der Waals surface area contributed by atoms with Gasteiger partial charge < -0.3 is 14.4 Å². The van der Waals surface area contributed by atoms with Crippen LogP contribution in [0.2, 0.25) is 0 Å². The lowest BCUT2D eigenvalue weighted by Gasteiger charge is -2.24. The smallest absolute Gasteiger partial charge is 0.387 e. The molecule has 0 N–H and O–H groups in total. The van der Waals surface area contributed by atoms with Crippen LogP contribution in [0.5, 0.6) is 11.5 Å². The van der Waals surface area contributed by atoms with Crippen molar-refractivity contribution in [1.29, 1.82) is 0 Å². The maximum absolute atomic E-state index is 13.1. The number of hydrogen-bond acceptors (Lipinski definition) is 3. The molecule has 0 radical (unpaired) electrons. The van der Waals surface area contributed by atoms with Crippen molar-refractivity contribution in [2.75, 3.05) is 13.7 Å². The summed E-state index contributed by atoms with van der Waals surface area (Å²) in [6.07, 6.45) is 2.93. The summed E-state index contributed by atoms with van der Waals surface area (Å²) in [7, 11) is 1.64. The van der Waals surface area contributed by atoms with E-state index in [1.807, 2.05) is 6.92 Å². The van der Waals surface area contributed by atoms with Crippen LogP contribution in [0.25, 0.3) is 6.08 Å². The Morgan fingerprint density at radius 3 is 2.43 bits per heavy atom. The molecule has 0 saturated carbocycles. The molecule has 28 heavy (non-hydrogen) atoms. The van der Waals surface area contributed by atoms with Crippen molar-refractivity contribution in [3.05, 3.63) is 65.5 Å². The van der Waals surface area contributed by atoms with Crippen molar-refractivity contribution < 1.29 is 27.4 Å². The Morgan fingerprint density at radius 2 is 1.82 bits per heavy atom. The normalized spacial score (nSPS) is 12.2. The van der Waals surface area contributed by atoms with Gasteiger partial charge in [-0.25, -0.2) is 4.39 Å². The summed E-state index contributed by atoms with van der Waals surface area (Å²) in [6, 6.07) is 10.1. The van der Waals surface area contributed by atoms with E-state index in [-0.39, 0.29) is 35.9 Å². The number of carbonyl (C=O) groups excluding carboxylic acids is 1. The zero-order valence-electron chi connectivity index (χ0n) is 15.9. The van der Waals surface area contributed by atoms with Crippen molar-refractivity contribution >= 4 is 12.0 Å². The van der Waals surface area contributed by atoms with E-state index in [1.54, 1.807) is 38.2 Å². The van der Waals surface area contributed by atoms with Crippen LogP contribution in [0.4, 0.5) is 13.2 Å². The lowest BCUT2D eigenvalue weighted by Crippen LogP contribution is -2.27. The zero-order chi connectivity index (χ0) is 20.7. The van der Waals surface area contributed by atoms with E-state index < -0.39 is 6.61 Å². The van der Waals surface area contributed by atoms with E-state index >= 15 is 0 Å². The van der Waals surface area contributed by atoms with Crippen LogP contribution in [0, 0.1) is 5.82 Å². The molecule has 2 aromatic rings. The molecule has 0 aliphatic rings. The van der Waals surface area contributed by atoms with Gasteiger partial charge >= 0.3 is 6.61 Å². The molecular formula is C21H22F3NO3. The van der Waals surface area contributed by atoms with E-state index in [9.17, 15) is 18.0 Å². The van der Waals surface area contributed by atoms with Crippen molar-refractivity contribution in [2.24, 2.45) is 0 Å². The predicted octanol–water partition coefficient (Wildman–Crippen LogP) is 5.06. The van der Waals surface area contributed by atoms with Gasteiger partial charge in [-0.1, -0.05) is 18.2 Å². The summed E-state index contributed by atoms with van der Waals surface area (Å²) < 4.78 is 47.7. The van der Waals surface area contributed by atoms with Crippen LogP contribution in [0.1, 0.15) is 31.0 Å². The van der Waals surface area contributed by atoms with Gasteiger partial charge in [0.05, 0.1) is 12.6 Å². The first-order chi connectivity index (χ1) is 13.3. The summed E-state index contributed by atoms with van der Waals surface area (Å²) >= 11 is 0. The standard InChI is InChI=1S/C21H22F3NO3/c1-4-27-19-13-15(5-11-18(19)28-21(23)24)6-12-20(26)25(3)14(2)16-7-9-17(22)10-8-16/h5-14,21H,4H2,1-3H3/b12-6+. The number of likely N-dealkylation sites (N-methyl/N-ethyl adjacent to an activating group) is 1. The summed E-state index contributed by atoms with van der Waals surface area (Å²) in [5, 5.41) is 0. The molecule has 1 unspecified atom stereocenters. The van der Waals surface area contributed by atoms with Crippen LogP contribution in [0.3, 0.4) is 0 Å². The molecule has 150 valence electrons. The molecule has 1 atom stereocenters. The van der Waals surface area contributed by atoms with Gasteiger partial charge in [-0.3, -0.25) is 4.79 Å². The molecule has 7 heteroatoms. The Labute approximate surface area is 162 Å². The van der Waals surface area contributed by atoms with Crippen LogP contribution in [0.15, 0.2) is 48.5 Å². The first-order valence-electron chi connectivity index (χ1n) is 8.73. The van der Waals surface area contributed by atoms with E-state index in [0.29, 0.717) is 5.56 Å². The number of amides is 1. The molecule has 0 aliphatic heterocycles.